The molecule has 1 unspecified atom stereocenters. The van der Waals surface area contributed by atoms with Crippen molar-refractivity contribution in [2.24, 2.45) is 5.92 Å². The highest BCUT2D eigenvalue weighted by Gasteiger charge is 2.16. The van der Waals surface area contributed by atoms with Crippen molar-refractivity contribution in [3.8, 4) is 0 Å². The molecule has 1 aliphatic rings. The Kier molecular flexibility index (Phi) is 5.83. The molecule has 152 valence electrons. The van der Waals surface area contributed by atoms with Gasteiger partial charge in [0, 0.05) is 30.9 Å². The SMILES string of the molecule is CCn1c(=O)sc2cc(NC(=O)c3ccc(CN4CCCC(C)C4)cc3)ccc21. The van der Waals surface area contributed by atoms with Gasteiger partial charge in [0.1, 0.15) is 0 Å². The van der Waals surface area contributed by atoms with Gasteiger partial charge in [0.25, 0.3) is 5.91 Å². The van der Waals surface area contributed by atoms with E-state index in [4.69, 9.17) is 0 Å². The Balaban J connectivity index is 1.43. The number of carbonyl (C=O) groups excluding carboxylic acids is 1. The average Bonchev–Trinajstić information content (AvgIpc) is 3.02. The Labute approximate surface area is 175 Å². The summed E-state index contributed by atoms with van der Waals surface area (Å²) in [6.07, 6.45) is 2.59. The van der Waals surface area contributed by atoms with Crippen molar-refractivity contribution in [3.05, 3.63) is 63.3 Å². The molecule has 4 rings (SSSR count). The van der Waals surface area contributed by atoms with Gasteiger partial charge in [0.15, 0.2) is 0 Å². The Morgan fingerprint density at radius 2 is 2.00 bits per heavy atom. The van der Waals surface area contributed by atoms with Crippen molar-refractivity contribution in [3.63, 3.8) is 0 Å². The minimum absolute atomic E-state index is 0.0321. The maximum atomic E-state index is 12.6. The molecule has 5 nitrogen and oxygen atoms in total. The van der Waals surface area contributed by atoms with Crippen LogP contribution in [0.5, 0.6) is 0 Å². The highest BCUT2D eigenvalue weighted by Crippen LogP contribution is 2.23. The van der Waals surface area contributed by atoms with E-state index < -0.39 is 0 Å². The number of carbonyl (C=O) groups is 1. The second kappa shape index (κ2) is 8.51. The monoisotopic (exact) mass is 409 g/mol. The van der Waals surface area contributed by atoms with E-state index in [1.54, 1.807) is 4.57 Å². The number of aromatic nitrogens is 1. The van der Waals surface area contributed by atoms with Crippen LogP contribution in [0, 0.1) is 5.92 Å². The number of likely N-dealkylation sites (tertiary alicyclic amines) is 1. The van der Waals surface area contributed by atoms with E-state index in [0.717, 1.165) is 35.8 Å². The molecule has 1 atom stereocenters. The van der Waals surface area contributed by atoms with Crippen LogP contribution in [0.4, 0.5) is 5.69 Å². The lowest BCUT2D eigenvalue weighted by atomic mass is 9.99. The first-order valence-electron chi connectivity index (χ1n) is 10.3. The fraction of sp³-hybridized carbons (Fsp3) is 0.391. The topological polar surface area (TPSA) is 54.3 Å². The summed E-state index contributed by atoms with van der Waals surface area (Å²) in [7, 11) is 0. The molecule has 0 bridgehead atoms. The van der Waals surface area contributed by atoms with Gasteiger partial charge in [-0.25, -0.2) is 0 Å². The fourth-order valence-corrected chi connectivity index (χ4v) is 5.09. The Morgan fingerprint density at radius 1 is 1.21 bits per heavy atom. The third-order valence-corrected chi connectivity index (χ3v) is 6.55. The fourth-order valence-electron chi connectivity index (χ4n) is 4.10. The molecular weight excluding hydrogens is 382 g/mol. The first kappa shape index (κ1) is 19.9. The lowest BCUT2D eigenvalue weighted by Gasteiger charge is -2.30. The molecule has 3 aromatic rings. The number of hydrogen-bond acceptors (Lipinski definition) is 4. The lowest BCUT2D eigenvalue weighted by Crippen LogP contribution is -2.33. The summed E-state index contributed by atoms with van der Waals surface area (Å²) in [5, 5.41) is 2.95. The molecule has 1 amide bonds. The van der Waals surface area contributed by atoms with Crippen LogP contribution < -0.4 is 10.2 Å². The molecule has 1 N–H and O–H groups in total. The molecule has 0 spiro atoms. The van der Waals surface area contributed by atoms with E-state index in [9.17, 15) is 9.59 Å². The second-order valence-electron chi connectivity index (χ2n) is 7.93. The Bertz CT molecular complexity index is 1070. The lowest BCUT2D eigenvalue weighted by molar-refractivity contribution is 0.102. The summed E-state index contributed by atoms with van der Waals surface area (Å²) >= 11 is 1.21. The zero-order valence-electron chi connectivity index (χ0n) is 17.0. The number of piperidine rings is 1. The van der Waals surface area contributed by atoms with Gasteiger partial charge in [-0.3, -0.25) is 19.1 Å². The molecule has 1 saturated heterocycles. The van der Waals surface area contributed by atoms with Crippen molar-refractivity contribution < 1.29 is 4.79 Å². The molecular formula is C23H27N3O2S. The predicted octanol–water partition coefficient (Wildman–Crippen LogP) is 4.57. The summed E-state index contributed by atoms with van der Waals surface area (Å²) in [6, 6.07) is 13.5. The van der Waals surface area contributed by atoms with Gasteiger partial charge in [-0.1, -0.05) is 30.4 Å². The molecule has 1 aliphatic heterocycles. The Hall–Kier alpha value is -2.44. The van der Waals surface area contributed by atoms with Crippen LogP contribution >= 0.6 is 11.3 Å². The van der Waals surface area contributed by atoms with Gasteiger partial charge in [-0.2, -0.15) is 0 Å². The minimum Gasteiger partial charge on any atom is -0.322 e. The van der Waals surface area contributed by atoms with Gasteiger partial charge in [0.2, 0.25) is 0 Å². The van der Waals surface area contributed by atoms with Crippen LogP contribution in [0.2, 0.25) is 0 Å². The van der Waals surface area contributed by atoms with Crippen LogP contribution in [0.25, 0.3) is 10.2 Å². The molecule has 1 aromatic heterocycles. The molecule has 0 radical (unpaired) electrons. The summed E-state index contributed by atoms with van der Waals surface area (Å²) in [5.74, 6) is 0.628. The van der Waals surface area contributed by atoms with Crippen LogP contribution in [-0.2, 0) is 13.1 Å². The van der Waals surface area contributed by atoms with Crippen LogP contribution in [-0.4, -0.2) is 28.5 Å². The minimum atomic E-state index is -0.134. The number of rotatable bonds is 5. The molecule has 2 aromatic carbocycles. The number of fused-ring (bicyclic) bond motifs is 1. The zero-order chi connectivity index (χ0) is 20.4. The maximum absolute atomic E-state index is 12.6. The number of nitrogens with zero attached hydrogens (tertiary/aromatic N) is 2. The number of benzene rings is 2. The maximum Gasteiger partial charge on any atom is 0.308 e. The number of thiazole rings is 1. The van der Waals surface area contributed by atoms with Gasteiger partial charge in [0.05, 0.1) is 10.2 Å². The summed E-state index contributed by atoms with van der Waals surface area (Å²) in [5.41, 5.74) is 3.50. The van der Waals surface area contributed by atoms with E-state index >= 15 is 0 Å². The van der Waals surface area contributed by atoms with E-state index in [1.165, 1.54) is 29.7 Å². The van der Waals surface area contributed by atoms with Gasteiger partial charge in [-0.05, 0) is 68.1 Å². The average molecular weight is 410 g/mol. The second-order valence-corrected chi connectivity index (χ2v) is 8.92. The highest BCUT2D eigenvalue weighted by molar-refractivity contribution is 7.16. The van der Waals surface area contributed by atoms with Crippen molar-refractivity contribution in [2.75, 3.05) is 18.4 Å². The molecule has 2 heterocycles. The van der Waals surface area contributed by atoms with Gasteiger partial charge >= 0.3 is 4.87 Å². The third kappa shape index (κ3) is 4.43. The summed E-state index contributed by atoms with van der Waals surface area (Å²) in [4.78, 5) is 27.2. The molecule has 0 saturated carbocycles. The largest absolute Gasteiger partial charge is 0.322 e. The summed E-state index contributed by atoms with van der Waals surface area (Å²) in [6.45, 7) is 8.16. The van der Waals surface area contributed by atoms with E-state index in [2.05, 4.69) is 17.1 Å². The van der Waals surface area contributed by atoms with E-state index in [1.807, 2.05) is 49.4 Å². The molecule has 1 fully saturated rings. The van der Waals surface area contributed by atoms with Crippen molar-refractivity contribution >= 4 is 33.1 Å². The van der Waals surface area contributed by atoms with E-state index in [-0.39, 0.29) is 10.8 Å². The van der Waals surface area contributed by atoms with Crippen LogP contribution in [0.15, 0.2) is 47.3 Å². The number of nitrogens with one attached hydrogen (secondary N) is 1. The number of anilines is 1. The first-order valence-corrected chi connectivity index (χ1v) is 11.1. The van der Waals surface area contributed by atoms with Crippen LogP contribution in [0.1, 0.15) is 42.6 Å². The standard InChI is InChI=1S/C23H27N3O2S/c1-3-26-20-11-10-19(13-21(20)29-23(26)28)24-22(27)18-8-6-17(7-9-18)15-25-12-4-5-16(2)14-25/h6-11,13,16H,3-5,12,14-15H2,1-2H3,(H,24,27). The van der Waals surface area contributed by atoms with E-state index in [0.29, 0.717) is 17.8 Å². The van der Waals surface area contributed by atoms with Crippen LogP contribution in [0.3, 0.4) is 0 Å². The molecule has 29 heavy (non-hydrogen) atoms. The first-order chi connectivity index (χ1) is 14.0. The predicted molar refractivity (Wildman–Crippen MR) is 120 cm³/mol. The molecule has 6 heteroatoms. The van der Waals surface area contributed by atoms with Crippen molar-refractivity contribution in [1.82, 2.24) is 9.47 Å². The van der Waals surface area contributed by atoms with Gasteiger partial charge < -0.3 is 5.32 Å². The zero-order valence-corrected chi connectivity index (χ0v) is 17.8. The van der Waals surface area contributed by atoms with Crippen molar-refractivity contribution in [1.29, 1.82) is 0 Å². The summed E-state index contributed by atoms with van der Waals surface area (Å²) < 4.78 is 2.63. The quantitative estimate of drug-likeness (QED) is 0.672. The number of hydrogen-bond donors (Lipinski definition) is 1. The molecule has 0 aliphatic carbocycles. The highest BCUT2D eigenvalue weighted by atomic mass is 32.1. The third-order valence-electron chi connectivity index (χ3n) is 5.61. The number of amides is 1. The van der Waals surface area contributed by atoms with Crippen molar-refractivity contribution in [2.45, 2.75) is 39.8 Å². The van der Waals surface area contributed by atoms with Gasteiger partial charge in [-0.15, -0.1) is 0 Å². The normalized spacial score (nSPS) is 17.5. The smallest absolute Gasteiger partial charge is 0.308 e. The number of aryl methyl sites for hydroxylation is 1. The Morgan fingerprint density at radius 3 is 2.72 bits per heavy atom.